The lowest BCUT2D eigenvalue weighted by Crippen LogP contribution is -2.42. The summed E-state index contributed by atoms with van der Waals surface area (Å²) < 4.78 is 5.34. The van der Waals surface area contributed by atoms with E-state index in [2.05, 4.69) is 17.1 Å². The van der Waals surface area contributed by atoms with Gasteiger partial charge in [0.1, 0.15) is 0 Å². The molecule has 17 heavy (non-hydrogen) atoms. The topological polar surface area (TPSA) is 50.5 Å². The molecular formula is C13H21N3O. The summed E-state index contributed by atoms with van der Waals surface area (Å²) in [6.45, 7) is 7.00. The van der Waals surface area contributed by atoms with Crippen LogP contribution in [0, 0.1) is 0 Å². The van der Waals surface area contributed by atoms with Crippen molar-refractivity contribution in [1.82, 2.24) is 4.90 Å². The summed E-state index contributed by atoms with van der Waals surface area (Å²) in [5.74, 6) is 0. The molecule has 1 heterocycles. The van der Waals surface area contributed by atoms with Crippen molar-refractivity contribution in [3.05, 3.63) is 24.3 Å². The molecule has 2 rings (SSSR count). The Kier molecular flexibility index (Phi) is 4.23. The number of benzene rings is 1. The number of nitrogens with zero attached hydrogens (tertiary/aromatic N) is 1. The monoisotopic (exact) mass is 235 g/mol. The Labute approximate surface area is 103 Å². The number of ether oxygens (including phenoxy) is 1. The summed E-state index contributed by atoms with van der Waals surface area (Å²) in [5.41, 5.74) is 7.64. The maximum Gasteiger partial charge on any atom is 0.0594 e. The minimum Gasteiger partial charge on any atom is -0.399 e. The molecule has 0 aliphatic carbocycles. The highest BCUT2D eigenvalue weighted by Crippen LogP contribution is 2.13. The average Bonchev–Trinajstić information content (AvgIpc) is 2.30. The second-order valence-electron chi connectivity index (χ2n) is 4.58. The zero-order valence-electron chi connectivity index (χ0n) is 10.4. The molecule has 1 aromatic carbocycles. The molecular weight excluding hydrogens is 214 g/mol. The number of nitrogens with one attached hydrogen (secondary N) is 1. The van der Waals surface area contributed by atoms with Gasteiger partial charge in [-0.2, -0.15) is 0 Å². The first-order chi connectivity index (χ1) is 8.24. The first-order valence-corrected chi connectivity index (χ1v) is 6.16. The van der Waals surface area contributed by atoms with Crippen LogP contribution in [0.1, 0.15) is 6.92 Å². The van der Waals surface area contributed by atoms with Crippen LogP contribution in [0.15, 0.2) is 24.3 Å². The van der Waals surface area contributed by atoms with Gasteiger partial charge < -0.3 is 15.8 Å². The Morgan fingerprint density at radius 3 is 2.88 bits per heavy atom. The number of hydrogen-bond donors (Lipinski definition) is 2. The van der Waals surface area contributed by atoms with E-state index in [9.17, 15) is 0 Å². The smallest absolute Gasteiger partial charge is 0.0594 e. The van der Waals surface area contributed by atoms with Crippen LogP contribution in [-0.4, -0.2) is 43.8 Å². The number of anilines is 2. The Hall–Kier alpha value is -1.26. The van der Waals surface area contributed by atoms with Crippen LogP contribution in [0.25, 0.3) is 0 Å². The zero-order valence-corrected chi connectivity index (χ0v) is 10.4. The molecule has 0 radical (unpaired) electrons. The summed E-state index contributed by atoms with van der Waals surface area (Å²) >= 11 is 0. The third-order valence-corrected chi connectivity index (χ3v) is 2.94. The second-order valence-corrected chi connectivity index (χ2v) is 4.58. The summed E-state index contributed by atoms with van der Waals surface area (Å²) in [7, 11) is 0. The van der Waals surface area contributed by atoms with Crippen molar-refractivity contribution in [2.24, 2.45) is 0 Å². The minimum atomic E-state index is 0.412. The molecule has 0 saturated carbocycles. The molecule has 4 nitrogen and oxygen atoms in total. The van der Waals surface area contributed by atoms with Crippen LogP contribution in [0.2, 0.25) is 0 Å². The summed E-state index contributed by atoms with van der Waals surface area (Å²) in [4.78, 5) is 2.42. The van der Waals surface area contributed by atoms with Gasteiger partial charge >= 0.3 is 0 Å². The van der Waals surface area contributed by atoms with E-state index >= 15 is 0 Å². The van der Waals surface area contributed by atoms with Crippen LogP contribution in [0.3, 0.4) is 0 Å². The van der Waals surface area contributed by atoms with E-state index in [-0.39, 0.29) is 0 Å². The molecule has 0 amide bonds. The Balaban J connectivity index is 1.82. The number of rotatable bonds is 4. The first kappa shape index (κ1) is 12.2. The highest BCUT2D eigenvalue weighted by Gasteiger charge is 2.13. The lowest BCUT2D eigenvalue weighted by atomic mass is 10.2. The third kappa shape index (κ3) is 3.91. The molecule has 1 fully saturated rings. The van der Waals surface area contributed by atoms with Gasteiger partial charge in [-0.3, -0.25) is 4.90 Å². The molecule has 1 aliphatic rings. The summed E-state index contributed by atoms with van der Waals surface area (Å²) in [6.07, 6.45) is 0. The van der Waals surface area contributed by atoms with Crippen molar-refractivity contribution >= 4 is 11.4 Å². The van der Waals surface area contributed by atoms with E-state index in [0.717, 1.165) is 44.2 Å². The molecule has 1 saturated heterocycles. The predicted molar refractivity (Wildman–Crippen MR) is 71.2 cm³/mol. The van der Waals surface area contributed by atoms with Crippen LogP contribution in [-0.2, 0) is 4.74 Å². The fraction of sp³-hybridized carbons (Fsp3) is 0.538. The van der Waals surface area contributed by atoms with Gasteiger partial charge in [-0.1, -0.05) is 6.07 Å². The van der Waals surface area contributed by atoms with Gasteiger partial charge in [-0.05, 0) is 25.1 Å². The van der Waals surface area contributed by atoms with E-state index in [4.69, 9.17) is 10.5 Å². The molecule has 1 aromatic rings. The van der Waals surface area contributed by atoms with Crippen LogP contribution in [0.4, 0.5) is 11.4 Å². The highest BCUT2D eigenvalue weighted by atomic mass is 16.5. The van der Waals surface area contributed by atoms with Crippen molar-refractivity contribution in [1.29, 1.82) is 0 Å². The van der Waals surface area contributed by atoms with Gasteiger partial charge in [0.2, 0.25) is 0 Å². The molecule has 1 aliphatic heterocycles. The van der Waals surface area contributed by atoms with Crippen molar-refractivity contribution < 1.29 is 4.74 Å². The number of nitrogens with two attached hydrogens (primary N) is 1. The van der Waals surface area contributed by atoms with E-state index in [0.29, 0.717) is 6.04 Å². The number of hydrogen-bond acceptors (Lipinski definition) is 4. The first-order valence-electron chi connectivity index (χ1n) is 6.16. The maximum atomic E-state index is 5.75. The molecule has 1 atom stereocenters. The normalized spacial score (nSPS) is 18.9. The largest absolute Gasteiger partial charge is 0.399 e. The molecule has 0 spiro atoms. The van der Waals surface area contributed by atoms with Gasteiger partial charge in [0, 0.05) is 37.1 Å². The molecule has 1 unspecified atom stereocenters. The van der Waals surface area contributed by atoms with Crippen LogP contribution < -0.4 is 11.1 Å². The lowest BCUT2D eigenvalue weighted by molar-refractivity contribution is 0.0368. The molecule has 4 heteroatoms. The summed E-state index contributed by atoms with van der Waals surface area (Å²) in [6, 6.07) is 8.30. The van der Waals surface area contributed by atoms with Gasteiger partial charge in [0.15, 0.2) is 0 Å². The Morgan fingerprint density at radius 2 is 2.18 bits per heavy atom. The minimum absolute atomic E-state index is 0.412. The molecule has 94 valence electrons. The number of morpholine rings is 1. The Morgan fingerprint density at radius 1 is 1.41 bits per heavy atom. The van der Waals surface area contributed by atoms with Crippen molar-refractivity contribution in [2.75, 3.05) is 43.9 Å². The standard InChI is InChI=1S/C13H21N3O/c1-11(10-16-5-7-17-8-6-16)15-13-4-2-3-12(14)9-13/h2-4,9,11,15H,5-8,10,14H2,1H3. The third-order valence-electron chi connectivity index (χ3n) is 2.94. The van der Waals surface area contributed by atoms with E-state index < -0.39 is 0 Å². The van der Waals surface area contributed by atoms with Gasteiger partial charge in [-0.25, -0.2) is 0 Å². The van der Waals surface area contributed by atoms with Crippen molar-refractivity contribution in [3.8, 4) is 0 Å². The van der Waals surface area contributed by atoms with E-state index in [1.54, 1.807) is 0 Å². The SMILES string of the molecule is CC(CN1CCOCC1)Nc1cccc(N)c1. The van der Waals surface area contributed by atoms with Crippen LogP contribution >= 0.6 is 0 Å². The number of nitrogen functional groups attached to an aromatic ring is 1. The van der Waals surface area contributed by atoms with Gasteiger partial charge in [-0.15, -0.1) is 0 Å². The quantitative estimate of drug-likeness (QED) is 0.775. The highest BCUT2D eigenvalue weighted by molar-refractivity contribution is 5.54. The Bertz CT molecular complexity index is 350. The summed E-state index contributed by atoms with van der Waals surface area (Å²) in [5, 5.41) is 3.47. The zero-order chi connectivity index (χ0) is 12.1. The molecule has 0 aromatic heterocycles. The van der Waals surface area contributed by atoms with E-state index in [1.165, 1.54) is 0 Å². The lowest BCUT2D eigenvalue weighted by Gasteiger charge is -2.29. The van der Waals surface area contributed by atoms with Crippen LogP contribution in [0.5, 0.6) is 0 Å². The second kappa shape index (κ2) is 5.89. The van der Waals surface area contributed by atoms with Gasteiger partial charge in [0.25, 0.3) is 0 Å². The van der Waals surface area contributed by atoms with E-state index in [1.807, 2.05) is 24.3 Å². The maximum absolute atomic E-state index is 5.75. The van der Waals surface area contributed by atoms with Crippen molar-refractivity contribution in [3.63, 3.8) is 0 Å². The molecule has 0 bridgehead atoms. The predicted octanol–water partition coefficient (Wildman–Crippen LogP) is 1.40. The average molecular weight is 235 g/mol. The fourth-order valence-electron chi connectivity index (χ4n) is 2.13. The van der Waals surface area contributed by atoms with Gasteiger partial charge in [0.05, 0.1) is 13.2 Å². The van der Waals surface area contributed by atoms with Crippen molar-refractivity contribution in [2.45, 2.75) is 13.0 Å². The molecule has 3 N–H and O–H groups in total. The fourth-order valence-corrected chi connectivity index (χ4v) is 2.13.